The Bertz CT molecular complexity index is 730. The van der Waals surface area contributed by atoms with E-state index in [1.54, 1.807) is 30.3 Å². The SMILES string of the molecule is COc1ccc(C(=O)C(Br)c2ccc([N+](=O)[O-])cc2)cc1OC. The van der Waals surface area contributed by atoms with Crippen LogP contribution >= 0.6 is 15.9 Å². The Morgan fingerprint density at radius 3 is 2.22 bits per heavy atom. The summed E-state index contributed by atoms with van der Waals surface area (Å²) in [6.45, 7) is 0. The monoisotopic (exact) mass is 379 g/mol. The zero-order chi connectivity index (χ0) is 17.0. The molecule has 0 fully saturated rings. The van der Waals surface area contributed by atoms with Gasteiger partial charge < -0.3 is 9.47 Å². The number of nitrogens with zero attached hydrogens (tertiary/aromatic N) is 1. The summed E-state index contributed by atoms with van der Waals surface area (Å²) in [5, 5.41) is 10.7. The lowest BCUT2D eigenvalue weighted by molar-refractivity contribution is -0.384. The molecule has 6 nitrogen and oxygen atoms in total. The second-order valence-electron chi connectivity index (χ2n) is 4.65. The number of halogens is 1. The molecular formula is C16H14BrNO5. The number of nitro groups is 1. The van der Waals surface area contributed by atoms with Gasteiger partial charge in [0.05, 0.1) is 19.1 Å². The summed E-state index contributed by atoms with van der Waals surface area (Å²) in [6, 6.07) is 10.7. The van der Waals surface area contributed by atoms with E-state index in [1.807, 2.05) is 0 Å². The summed E-state index contributed by atoms with van der Waals surface area (Å²) in [7, 11) is 3.01. The molecular weight excluding hydrogens is 366 g/mol. The maximum Gasteiger partial charge on any atom is 0.269 e. The van der Waals surface area contributed by atoms with Gasteiger partial charge in [-0.05, 0) is 23.8 Å². The second kappa shape index (κ2) is 7.23. The van der Waals surface area contributed by atoms with Gasteiger partial charge in [-0.2, -0.15) is 0 Å². The van der Waals surface area contributed by atoms with Gasteiger partial charge in [0.2, 0.25) is 0 Å². The van der Waals surface area contributed by atoms with E-state index in [0.29, 0.717) is 22.6 Å². The molecule has 23 heavy (non-hydrogen) atoms. The Morgan fingerprint density at radius 2 is 1.70 bits per heavy atom. The molecule has 0 bridgehead atoms. The van der Waals surface area contributed by atoms with Crippen molar-refractivity contribution in [2.24, 2.45) is 0 Å². The molecule has 0 saturated carbocycles. The molecule has 2 rings (SSSR count). The zero-order valence-electron chi connectivity index (χ0n) is 12.5. The molecule has 120 valence electrons. The third-order valence-corrected chi connectivity index (χ3v) is 4.24. The molecule has 0 aliphatic heterocycles. The smallest absolute Gasteiger partial charge is 0.269 e. The zero-order valence-corrected chi connectivity index (χ0v) is 14.1. The number of carbonyl (C=O) groups excluding carboxylic acids is 1. The minimum atomic E-state index is -0.610. The van der Waals surface area contributed by atoms with Crippen molar-refractivity contribution in [1.82, 2.24) is 0 Å². The summed E-state index contributed by atoms with van der Waals surface area (Å²) >= 11 is 3.34. The van der Waals surface area contributed by atoms with Gasteiger partial charge in [-0.3, -0.25) is 14.9 Å². The van der Waals surface area contributed by atoms with Crippen LogP contribution in [0.2, 0.25) is 0 Å². The first kappa shape index (κ1) is 17.0. The Balaban J connectivity index is 2.27. The molecule has 1 atom stereocenters. The third kappa shape index (κ3) is 3.68. The Morgan fingerprint density at radius 1 is 1.09 bits per heavy atom. The minimum Gasteiger partial charge on any atom is -0.493 e. The first-order chi connectivity index (χ1) is 11.0. The van der Waals surface area contributed by atoms with E-state index in [1.165, 1.54) is 26.4 Å². The van der Waals surface area contributed by atoms with Crippen LogP contribution in [-0.4, -0.2) is 24.9 Å². The predicted molar refractivity (Wildman–Crippen MR) is 88.6 cm³/mol. The molecule has 0 N–H and O–H groups in total. The molecule has 0 heterocycles. The Labute approximate surface area is 141 Å². The van der Waals surface area contributed by atoms with Gasteiger partial charge >= 0.3 is 0 Å². The van der Waals surface area contributed by atoms with Crippen LogP contribution < -0.4 is 9.47 Å². The normalized spacial score (nSPS) is 11.6. The maximum atomic E-state index is 12.6. The van der Waals surface area contributed by atoms with Crippen LogP contribution in [0.25, 0.3) is 0 Å². The molecule has 0 aliphatic carbocycles. The number of hydrogen-bond donors (Lipinski definition) is 0. The molecule has 1 unspecified atom stereocenters. The Hall–Kier alpha value is -2.41. The van der Waals surface area contributed by atoms with Crippen molar-refractivity contribution in [3.63, 3.8) is 0 Å². The molecule has 2 aromatic rings. The number of non-ortho nitro benzene ring substituents is 1. The van der Waals surface area contributed by atoms with Gasteiger partial charge in [0.15, 0.2) is 17.3 Å². The van der Waals surface area contributed by atoms with Crippen LogP contribution in [0.15, 0.2) is 42.5 Å². The van der Waals surface area contributed by atoms with Crippen LogP contribution in [0.4, 0.5) is 5.69 Å². The van der Waals surface area contributed by atoms with Gasteiger partial charge in [-0.25, -0.2) is 0 Å². The topological polar surface area (TPSA) is 78.7 Å². The van der Waals surface area contributed by atoms with Crippen molar-refractivity contribution < 1.29 is 19.2 Å². The molecule has 0 aliphatic rings. The standard InChI is InChI=1S/C16H14BrNO5/c1-22-13-8-5-11(9-14(13)23-2)16(19)15(17)10-3-6-12(7-4-10)18(20)21/h3-9,15H,1-2H3. The number of hydrogen-bond acceptors (Lipinski definition) is 5. The van der Waals surface area contributed by atoms with Crippen molar-refractivity contribution in [2.45, 2.75) is 4.83 Å². The summed E-state index contributed by atoms with van der Waals surface area (Å²) in [5.41, 5.74) is 1.06. The molecule has 7 heteroatoms. The summed E-state index contributed by atoms with van der Waals surface area (Å²) in [4.78, 5) is 22.1. The van der Waals surface area contributed by atoms with Gasteiger partial charge in [0, 0.05) is 17.7 Å². The number of ether oxygens (including phenoxy) is 2. The van der Waals surface area contributed by atoms with E-state index in [-0.39, 0.29) is 11.5 Å². The number of carbonyl (C=O) groups is 1. The van der Waals surface area contributed by atoms with Crippen LogP contribution in [0.1, 0.15) is 20.7 Å². The van der Waals surface area contributed by atoms with Crippen LogP contribution in [-0.2, 0) is 0 Å². The van der Waals surface area contributed by atoms with E-state index >= 15 is 0 Å². The largest absolute Gasteiger partial charge is 0.493 e. The number of methoxy groups -OCH3 is 2. The lowest BCUT2D eigenvalue weighted by Gasteiger charge is -2.12. The molecule has 0 aromatic heterocycles. The van der Waals surface area contributed by atoms with Gasteiger partial charge in [-0.15, -0.1) is 0 Å². The van der Waals surface area contributed by atoms with E-state index in [0.717, 1.165) is 0 Å². The molecule has 0 saturated heterocycles. The molecule has 2 aromatic carbocycles. The number of rotatable bonds is 6. The first-order valence-corrected chi connectivity index (χ1v) is 7.54. The van der Waals surface area contributed by atoms with Crippen LogP contribution in [0, 0.1) is 10.1 Å². The number of alkyl halides is 1. The van der Waals surface area contributed by atoms with Crippen molar-refractivity contribution >= 4 is 27.4 Å². The van der Waals surface area contributed by atoms with Crippen molar-refractivity contribution in [1.29, 1.82) is 0 Å². The lowest BCUT2D eigenvalue weighted by Crippen LogP contribution is -2.07. The highest BCUT2D eigenvalue weighted by Crippen LogP contribution is 2.32. The number of nitro benzene ring substituents is 1. The van der Waals surface area contributed by atoms with Crippen LogP contribution in [0.3, 0.4) is 0 Å². The highest BCUT2D eigenvalue weighted by molar-refractivity contribution is 9.09. The maximum absolute atomic E-state index is 12.6. The highest BCUT2D eigenvalue weighted by atomic mass is 79.9. The summed E-state index contributed by atoms with van der Waals surface area (Å²) in [5.74, 6) is 0.812. The van der Waals surface area contributed by atoms with E-state index in [4.69, 9.17) is 9.47 Å². The van der Waals surface area contributed by atoms with E-state index in [9.17, 15) is 14.9 Å². The van der Waals surface area contributed by atoms with Gasteiger partial charge in [-0.1, -0.05) is 28.1 Å². The Kier molecular flexibility index (Phi) is 5.33. The van der Waals surface area contributed by atoms with Crippen molar-refractivity contribution in [2.75, 3.05) is 14.2 Å². The molecule has 0 spiro atoms. The fourth-order valence-corrected chi connectivity index (χ4v) is 2.62. The fraction of sp³-hybridized carbons (Fsp3) is 0.188. The van der Waals surface area contributed by atoms with Gasteiger partial charge in [0.1, 0.15) is 4.83 Å². The number of Topliss-reactive ketones (excluding diaryl/α,β-unsaturated/α-hetero) is 1. The summed E-state index contributed by atoms with van der Waals surface area (Å²) < 4.78 is 10.3. The summed E-state index contributed by atoms with van der Waals surface area (Å²) in [6.07, 6.45) is 0. The van der Waals surface area contributed by atoms with Crippen molar-refractivity contribution in [3.8, 4) is 11.5 Å². The quantitative estimate of drug-likeness (QED) is 0.328. The molecule has 0 amide bonds. The van der Waals surface area contributed by atoms with Gasteiger partial charge in [0.25, 0.3) is 5.69 Å². The van der Waals surface area contributed by atoms with Crippen molar-refractivity contribution in [3.05, 3.63) is 63.7 Å². The average Bonchev–Trinajstić information content (AvgIpc) is 2.59. The van der Waals surface area contributed by atoms with E-state index < -0.39 is 9.75 Å². The number of benzene rings is 2. The highest BCUT2D eigenvalue weighted by Gasteiger charge is 2.21. The van der Waals surface area contributed by atoms with E-state index in [2.05, 4.69) is 15.9 Å². The third-order valence-electron chi connectivity index (χ3n) is 3.29. The fourth-order valence-electron chi connectivity index (χ4n) is 2.05. The van der Waals surface area contributed by atoms with Crippen LogP contribution in [0.5, 0.6) is 11.5 Å². The lowest BCUT2D eigenvalue weighted by atomic mass is 10.0. The average molecular weight is 380 g/mol. The number of ketones is 1. The first-order valence-electron chi connectivity index (χ1n) is 6.62. The molecule has 0 radical (unpaired) electrons. The second-order valence-corrected chi connectivity index (χ2v) is 5.56. The minimum absolute atomic E-state index is 0.0213. The predicted octanol–water partition coefficient (Wildman–Crippen LogP) is 3.93.